The zero-order chi connectivity index (χ0) is 48.2. The Kier molecular flexibility index (Phi) is 20.3. The number of nitrogens with two attached hydrogens (primary N) is 1. The Balaban J connectivity index is 1.35. The molecule has 2 aromatic carbocycles. The van der Waals surface area contributed by atoms with Gasteiger partial charge in [0.1, 0.15) is 40.6 Å². The van der Waals surface area contributed by atoms with Gasteiger partial charge in [0.2, 0.25) is 29.5 Å². The molecule has 356 valence electrons. The lowest BCUT2D eigenvalue weighted by molar-refractivity contribution is -0.141. The van der Waals surface area contributed by atoms with Crippen LogP contribution in [0.25, 0.3) is 0 Å². The van der Waals surface area contributed by atoms with Gasteiger partial charge in [0.05, 0.1) is 31.4 Å². The second-order valence-corrected chi connectivity index (χ2v) is 17.7. The number of benzene rings is 2. The number of pyridine rings is 1. The minimum atomic E-state index is -4.45. The molecule has 11 N–H and O–H groups in total. The number of rotatable bonds is 20. The van der Waals surface area contributed by atoms with Gasteiger partial charge in [-0.15, -0.1) is 0 Å². The molecule has 0 radical (unpaired) electrons. The fourth-order valence-electron chi connectivity index (χ4n) is 6.22. The summed E-state index contributed by atoms with van der Waals surface area (Å²) in [5.74, 6) is -4.45. The highest BCUT2D eigenvalue weighted by Gasteiger charge is 2.34. The summed E-state index contributed by atoms with van der Waals surface area (Å²) < 4.78 is 38.3. The van der Waals surface area contributed by atoms with E-state index in [2.05, 4.69) is 47.4 Å². The monoisotopic (exact) mass is 954 g/mol. The molecule has 66 heavy (non-hydrogen) atoms. The van der Waals surface area contributed by atoms with Gasteiger partial charge in [-0.3, -0.25) is 43.5 Å². The van der Waals surface area contributed by atoms with Gasteiger partial charge in [-0.1, -0.05) is 44.2 Å². The van der Waals surface area contributed by atoms with Crippen molar-refractivity contribution in [1.29, 1.82) is 0 Å². The molecule has 1 aliphatic rings. The molecule has 0 aliphatic carbocycles. The second-order valence-electron chi connectivity index (χ2n) is 15.1. The van der Waals surface area contributed by atoms with Gasteiger partial charge in [0.25, 0.3) is 16.0 Å². The Hall–Kier alpha value is -6.63. The number of carboxylic acid groups (broad SMARTS) is 1. The minimum Gasteiger partial charge on any atom is -0.494 e. The Morgan fingerprint density at radius 2 is 1.64 bits per heavy atom. The predicted molar refractivity (Wildman–Crippen MR) is 243 cm³/mol. The molecule has 4 atom stereocenters. The van der Waals surface area contributed by atoms with Crippen molar-refractivity contribution in [1.82, 2.24) is 36.9 Å². The van der Waals surface area contributed by atoms with E-state index in [1.165, 1.54) is 54.5 Å². The smallest absolute Gasteiger partial charge is 0.305 e. The standard InChI is InChI=1S/C42H54N10O12S2/c1-25(2)37-42(60)49-30(14-18-65-19-15-43)39(57)46-24-35(53)48-32(21-36(54)55)40(58)50-31(41(59)51-37)20-26-8-11-29(12-9-26)64-17-5-16-44-38(56)28-10-13-34(45-22-28)52-47-23-27-6-3-4-7-33(27)66(61,62)63/h3-4,6-13,22-23,25,30-32,37H,5,14-21,24,43H2,1-2H3,(H,44,56)(H,45,52)(H,46,57)(H,48,53)(H,49,60)(H,50,58)(H,51,59)(H,54,55)(H,61,62,63)/b47-23+/t30-,31+,32-,37-/m0/s1. The van der Waals surface area contributed by atoms with Crippen molar-refractivity contribution in [3.63, 3.8) is 0 Å². The molecule has 1 fully saturated rings. The maximum absolute atomic E-state index is 13.9. The molecule has 4 rings (SSSR count). The molecule has 0 saturated carbocycles. The fraction of sp³-hybridized carbons (Fsp3) is 0.405. The molecule has 6 amide bonds. The second kappa shape index (κ2) is 25.8. The highest BCUT2D eigenvalue weighted by atomic mass is 32.2. The van der Waals surface area contributed by atoms with Crippen molar-refractivity contribution in [3.05, 3.63) is 83.6 Å². The van der Waals surface area contributed by atoms with E-state index in [-0.39, 0.29) is 47.8 Å². The van der Waals surface area contributed by atoms with Gasteiger partial charge in [-0.2, -0.15) is 25.3 Å². The summed E-state index contributed by atoms with van der Waals surface area (Å²) in [7, 11) is -4.45. The molecular weight excluding hydrogens is 901 g/mol. The average Bonchev–Trinajstić information content (AvgIpc) is 3.27. The molecule has 3 aromatic rings. The molecule has 2 heterocycles. The van der Waals surface area contributed by atoms with Crippen molar-refractivity contribution in [3.8, 4) is 5.75 Å². The summed E-state index contributed by atoms with van der Waals surface area (Å²) in [5.41, 5.74) is 9.17. The molecule has 1 aromatic heterocycles. The van der Waals surface area contributed by atoms with Gasteiger partial charge in [-0.05, 0) is 60.4 Å². The normalized spacial score (nSPS) is 18.8. The number of aromatic nitrogens is 1. The van der Waals surface area contributed by atoms with E-state index in [9.17, 15) is 51.6 Å². The first-order chi connectivity index (χ1) is 31.4. The number of carbonyl (C=O) groups excluding carboxylic acids is 6. The van der Waals surface area contributed by atoms with Crippen LogP contribution in [-0.4, -0.2) is 133 Å². The quantitative estimate of drug-likeness (QED) is 0.0303. The number of carboxylic acids is 1. The topological polar surface area (TPSA) is 339 Å². The van der Waals surface area contributed by atoms with Crippen LogP contribution in [0.3, 0.4) is 0 Å². The molecule has 0 bridgehead atoms. The summed E-state index contributed by atoms with van der Waals surface area (Å²) in [6.07, 6.45) is 2.19. The number of ether oxygens (including phenoxy) is 1. The Morgan fingerprint density at radius 1 is 0.924 bits per heavy atom. The lowest BCUT2D eigenvalue weighted by Gasteiger charge is -2.27. The van der Waals surface area contributed by atoms with E-state index in [0.29, 0.717) is 35.8 Å². The van der Waals surface area contributed by atoms with Gasteiger partial charge in [-0.25, -0.2) is 4.98 Å². The summed E-state index contributed by atoms with van der Waals surface area (Å²) in [4.78, 5) is 95.2. The summed E-state index contributed by atoms with van der Waals surface area (Å²) >= 11 is 1.46. The van der Waals surface area contributed by atoms with Gasteiger partial charge >= 0.3 is 5.97 Å². The van der Waals surface area contributed by atoms with Crippen LogP contribution in [0.15, 0.2) is 76.9 Å². The zero-order valence-electron chi connectivity index (χ0n) is 36.2. The number of hydrogen-bond acceptors (Lipinski definition) is 15. The van der Waals surface area contributed by atoms with Crippen LogP contribution < -0.4 is 47.8 Å². The van der Waals surface area contributed by atoms with Crippen molar-refractivity contribution in [2.75, 3.05) is 43.2 Å². The zero-order valence-corrected chi connectivity index (χ0v) is 37.8. The van der Waals surface area contributed by atoms with Gasteiger partial charge < -0.3 is 47.5 Å². The number of carbonyl (C=O) groups is 7. The van der Waals surface area contributed by atoms with Gasteiger partial charge in [0.15, 0.2) is 0 Å². The summed E-state index contributed by atoms with van der Waals surface area (Å²) in [6.45, 7) is 3.64. The van der Waals surface area contributed by atoms with Crippen LogP contribution in [0.1, 0.15) is 54.6 Å². The molecule has 1 aliphatic heterocycles. The van der Waals surface area contributed by atoms with Crippen molar-refractivity contribution in [2.45, 2.75) is 68.6 Å². The number of hydrogen-bond donors (Lipinski definition) is 10. The van der Waals surface area contributed by atoms with Crippen molar-refractivity contribution in [2.24, 2.45) is 16.8 Å². The van der Waals surface area contributed by atoms with Crippen LogP contribution in [-0.2, 0) is 45.3 Å². The third-order valence-corrected chi connectivity index (χ3v) is 11.6. The van der Waals surface area contributed by atoms with Crippen LogP contribution >= 0.6 is 11.8 Å². The van der Waals surface area contributed by atoms with E-state index in [0.717, 1.165) is 0 Å². The van der Waals surface area contributed by atoms with E-state index in [1.54, 1.807) is 44.2 Å². The number of anilines is 1. The number of nitrogens with zero attached hydrogens (tertiary/aromatic N) is 2. The molecule has 1 saturated heterocycles. The lowest BCUT2D eigenvalue weighted by Crippen LogP contribution is -2.59. The lowest BCUT2D eigenvalue weighted by atomic mass is 10.00. The molecule has 22 nitrogen and oxygen atoms in total. The third kappa shape index (κ3) is 17.1. The Labute approximate surface area is 385 Å². The van der Waals surface area contributed by atoms with E-state index in [1.807, 2.05) is 0 Å². The maximum Gasteiger partial charge on any atom is 0.305 e. The first-order valence-corrected chi connectivity index (χ1v) is 23.3. The average molecular weight is 955 g/mol. The number of nitrogens with one attached hydrogen (secondary N) is 7. The maximum atomic E-state index is 13.9. The minimum absolute atomic E-state index is 0.115. The predicted octanol–water partition coefficient (Wildman–Crippen LogP) is -0.203. The molecule has 0 spiro atoms. The third-order valence-electron chi connectivity index (χ3n) is 9.62. The van der Waals surface area contributed by atoms with Gasteiger partial charge in [0, 0.05) is 37.0 Å². The summed E-state index contributed by atoms with van der Waals surface area (Å²) in [6, 6.07) is 10.1. The van der Waals surface area contributed by atoms with Crippen molar-refractivity contribution < 1.29 is 56.4 Å². The summed E-state index contributed by atoms with van der Waals surface area (Å²) in [5, 5.41) is 28.9. The van der Waals surface area contributed by atoms with Crippen LogP contribution in [0.5, 0.6) is 5.75 Å². The number of amides is 6. The number of thioether (sulfide) groups is 1. The van der Waals surface area contributed by atoms with Crippen molar-refractivity contribution >= 4 is 75.3 Å². The van der Waals surface area contributed by atoms with Crippen LogP contribution in [0.4, 0.5) is 5.82 Å². The first-order valence-electron chi connectivity index (χ1n) is 20.7. The molecular formula is C42H54N10O12S2. The number of aliphatic carboxylic acids is 1. The Bertz CT molecular complexity index is 2320. The largest absolute Gasteiger partial charge is 0.494 e. The van der Waals surface area contributed by atoms with Crippen LogP contribution in [0, 0.1) is 5.92 Å². The van der Waals surface area contributed by atoms with E-state index >= 15 is 0 Å². The Morgan fingerprint density at radius 3 is 2.30 bits per heavy atom. The van der Waals surface area contributed by atoms with E-state index < -0.39 is 94.6 Å². The highest BCUT2D eigenvalue weighted by Crippen LogP contribution is 2.16. The van der Waals surface area contributed by atoms with E-state index in [4.69, 9.17) is 10.5 Å². The first kappa shape index (κ1) is 52.0. The van der Waals surface area contributed by atoms with Crippen LogP contribution in [0.2, 0.25) is 0 Å². The fourth-order valence-corrected chi connectivity index (χ4v) is 7.66. The molecule has 24 heteroatoms. The highest BCUT2D eigenvalue weighted by molar-refractivity contribution is 7.99. The molecule has 0 unspecified atom stereocenters. The number of hydrazone groups is 1. The SMILES string of the molecule is CC(C)[C@@H]1NC(=O)[C@@H](Cc2ccc(OCCCNC(=O)c3ccc(N/N=C/c4ccccc4S(=O)(=O)O)nc3)cc2)NC(=O)[C@H](CC(=O)O)NC(=O)CNC(=O)[C@H](CCSCCN)NC1=O.